The van der Waals surface area contributed by atoms with Crippen molar-refractivity contribution in [2.45, 2.75) is 39.0 Å². The first kappa shape index (κ1) is 15.2. The summed E-state index contributed by atoms with van der Waals surface area (Å²) in [7, 11) is 0. The van der Waals surface area contributed by atoms with E-state index in [1.165, 1.54) is 11.1 Å². The molecule has 0 saturated carbocycles. The van der Waals surface area contributed by atoms with Crippen molar-refractivity contribution < 1.29 is 4.74 Å². The number of anilines is 1. The Morgan fingerprint density at radius 1 is 1.21 bits per heavy atom. The quantitative estimate of drug-likeness (QED) is 0.899. The van der Waals surface area contributed by atoms with Gasteiger partial charge in [-0.3, -0.25) is 4.79 Å². The second-order valence-electron chi connectivity index (χ2n) is 6.56. The van der Waals surface area contributed by atoms with Gasteiger partial charge in [0.05, 0.1) is 11.9 Å². The number of aromatic amines is 1. The number of ether oxygens (including phenoxy) is 1. The molecule has 0 unspecified atom stereocenters. The highest BCUT2D eigenvalue weighted by molar-refractivity contribution is 5.55. The number of aromatic nitrogens is 2. The number of nitrogens with one attached hydrogen (secondary N) is 2. The summed E-state index contributed by atoms with van der Waals surface area (Å²) in [5.74, 6) is 0.947. The van der Waals surface area contributed by atoms with E-state index in [0.717, 1.165) is 50.5 Å². The van der Waals surface area contributed by atoms with Gasteiger partial charge in [0.15, 0.2) is 0 Å². The van der Waals surface area contributed by atoms with Gasteiger partial charge < -0.3 is 15.0 Å². The zero-order valence-electron chi connectivity index (χ0n) is 13.8. The van der Waals surface area contributed by atoms with Crippen molar-refractivity contribution in [2.24, 2.45) is 0 Å². The van der Waals surface area contributed by atoms with Crippen LogP contribution >= 0.6 is 0 Å². The van der Waals surface area contributed by atoms with Crippen LogP contribution in [0.2, 0.25) is 0 Å². The van der Waals surface area contributed by atoms with Crippen molar-refractivity contribution in [3.63, 3.8) is 0 Å². The SMILES string of the molecule is Cc1c(N2Cc3ccc(OC4CCNCC4)cc3C2)cn[nH]c1=O. The van der Waals surface area contributed by atoms with Crippen LogP contribution in [0.25, 0.3) is 0 Å². The Kier molecular flexibility index (Phi) is 3.98. The Balaban J connectivity index is 1.52. The molecule has 0 aliphatic carbocycles. The molecule has 2 aliphatic rings. The largest absolute Gasteiger partial charge is 0.490 e. The molecule has 4 rings (SSSR count). The molecular formula is C18H22N4O2. The normalized spacial score (nSPS) is 17.8. The van der Waals surface area contributed by atoms with Crippen LogP contribution < -0.4 is 20.5 Å². The van der Waals surface area contributed by atoms with Crippen molar-refractivity contribution in [1.82, 2.24) is 15.5 Å². The number of H-pyrrole nitrogens is 1. The van der Waals surface area contributed by atoms with Gasteiger partial charge in [-0.15, -0.1) is 0 Å². The van der Waals surface area contributed by atoms with E-state index >= 15 is 0 Å². The van der Waals surface area contributed by atoms with Gasteiger partial charge in [0.2, 0.25) is 0 Å². The molecule has 2 aliphatic heterocycles. The maximum Gasteiger partial charge on any atom is 0.269 e. The van der Waals surface area contributed by atoms with E-state index in [9.17, 15) is 4.79 Å². The average Bonchev–Trinajstić information content (AvgIpc) is 3.01. The predicted octanol–water partition coefficient (Wildman–Crippen LogP) is 1.73. The van der Waals surface area contributed by atoms with Gasteiger partial charge in [0.1, 0.15) is 11.9 Å². The van der Waals surface area contributed by atoms with E-state index in [0.29, 0.717) is 11.7 Å². The Morgan fingerprint density at radius 3 is 2.83 bits per heavy atom. The summed E-state index contributed by atoms with van der Waals surface area (Å²) in [6.45, 7) is 5.47. The van der Waals surface area contributed by atoms with E-state index in [1.54, 1.807) is 6.20 Å². The Labute approximate surface area is 140 Å². The third-order valence-electron chi connectivity index (χ3n) is 4.91. The third kappa shape index (κ3) is 2.89. The zero-order valence-corrected chi connectivity index (χ0v) is 13.8. The molecule has 1 aromatic heterocycles. The number of fused-ring (bicyclic) bond motifs is 1. The van der Waals surface area contributed by atoms with Crippen LogP contribution in [0.1, 0.15) is 29.5 Å². The van der Waals surface area contributed by atoms with E-state index in [4.69, 9.17) is 4.74 Å². The summed E-state index contributed by atoms with van der Waals surface area (Å²) in [5, 5.41) is 9.77. The summed E-state index contributed by atoms with van der Waals surface area (Å²) >= 11 is 0. The van der Waals surface area contributed by atoms with Crippen molar-refractivity contribution >= 4 is 5.69 Å². The Morgan fingerprint density at radius 2 is 2.00 bits per heavy atom. The van der Waals surface area contributed by atoms with Crippen molar-refractivity contribution in [2.75, 3.05) is 18.0 Å². The monoisotopic (exact) mass is 326 g/mol. The van der Waals surface area contributed by atoms with Crippen LogP contribution in [0.4, 0.5) is 5.69 Å². The Bertz CT molecular complexity index is 796. The summed E-state index contributed by atoms with van der Waals surface area (Å²) in [4.78, 5) is 14.0. The fourth-order valence-corrected chi connectivity index (χ4v) is 3.49. The molecule has 1 saturated heterocycles. The first-order valence-corrected chi connectivity index (χ1v) is 8.49. The van der Waals surface area contributed by atoms with Gasteiger partial charge in [0.25, 0.3) is 5.56 Å². The molecule has 1 aromatic carbocycles. The van der Waals surface area contributed by atoms with Gasteiger partial charge in [-0.25, -0.2) is 5.10 Å². The smallest absolute Gasteiger partial charge is 0.269 e. The molecule has 0 radical (unpaired) electrons. The lowest BCUT2D eigenvalue weighted by Gasteiger charge is -2.24. The van der Waals surface area contributed by atoms with Crippen molar-refractivity contribution in [3.8, 4) is 5.75 Å². The molecule has 2 N–H and O–H groups in total. The van der Waals surface area contributed by atoms with Crippen LogP contribution in [0.3, 0.4) is 0 Å². The topological polar surface area (TPSA) is 70.2 Å². The highest BCUT2D eigenvalue weighted by Crippen LogP contribution is 2.31. The van der Waals surface area contributed by atoms with Gasteiger partial charge in [-0.2, -0.15) is 5.10 Å². The number of hydrogen-bond acceptors (Lipinski definition) is 5. The Hall–Kier alpha value is -2.34. The summed E-state index contributed by atoms with van der Waals surface area (Å²) in [6.07, 6.45) is 4.15. The first-order valence-electron chi connectivity index (χ1n) is 8.49. The lowest BCUT2D eigenvalue weighted by molar-refractivity contribution is 0.162. The van der Waals surface area contributed by atoms with Crippen LogP contribution in [0.5, 0.6) is 5.75 Å². The maximum absolute atomic E-state index is 11.8. The molecule has 2 aromatic rings. The minimum absolute atomic E-state index is 0.126. The molecule has 126 valence electrons. The van der Waals surface area contributed by atoms with Gasteiger partial charge in [0, 0.05) is 18.7 Å². The third-order valence-corrected chi connectivity index (χ3v) is 4.91. The molecular weight excluding hydrogens is 304 g/mol. The van der Waals surface area contributed by atoms with E-state index in [1.807, 2.05) is 6.92 Å². The van der Waals surface area contributed by atoms with Gasteiger partial charge >= 0.3 is 0 Å². The van der Waals surface area contributed by atoms with Crippen LogP contribution in [0.15, 0.2) is 29.2 Å². The second-order valence-corrected chi connectivity index (χ2v) is 6.56. The molecule has 0 spiro atoms. The minimum Gasteiger partial charge on any atom is -0.490 e. The molecule has 6 heteroatoms. The second kappa shape index (κ2) is 6.28. The van der Waals surface area contributed by atoms with E-state index < -0.39 is 0 Å². The average molecular weight is 326 g/mol. The highest BCUT2D eigenvalue weighted by Gasteiger charge is 2.23. The van der Waals surface area contributed by atoms with Gasteiger partial charge in [-0.1, -0.05) is 6.07 Å². The molecule has 0 bridgehead atoms. The number of nitrogens with zero attached hydrogens (tertiary/aromatic N) is 2. The highest BCUT2D eigenvalue weighted by atomic mass is 16.5. The lowest BCUT2D eigenvalue weighted by Crippen LogP contribution is -2.34. The molecule has 3 heterocycles. The molecule has 24 heavy (non-hydrogen) atoms. The van der Waals surface area contributed by atoms with E-state index in [-0.39, 0.29) is 5.56 Å². The molecule has 1 fully saturated rings. The molecule has 0 atom stereocenters. The minimum atomic E-state index is -0.126. The standard InChI is InChI=1S/C18H22N4O2/c1-12-17(9-20-21-18(12)23)22-10-13-2-3-16(8-14(13)11-22)24-15-4-6-19-7-5-15/h2-3,8-9,15,19H,4-7,10-11H2,1H3,(H,21,23). The zero-order chi connectivity index (χ0) is 16.5. The lowest BCUT2D eigenvalue weighted by atomic mass is 10.1. The van der Waals surface area contributed by atoms with Crippen molar-refractivity contribution in [3.05, 3.63) is 51.4 Å². The van der Waals surface area contributed by atoms with Gasteiger partial charge in [-0.05, 0) is 56.1 Å². The number of hydrogen-bond donors (Lipinski definition) is 2. The predicted molar refractivity (Wildman–Crippen MR) is 92.4 cm³/mol. The van der Waals surface area contributed by atoms with Crippen LogP contribution in [-0.2, 0) is 13.1 Å². The summed E-state index contributed by atoms with van der Waals surface area (Å²) in [5.41, 5.74) is 4.03. The van der Waals surface area contributed by atoms with Crippen LogP contribution in [-0.4, -0.2) is 29.4 Å². The summed E-state index contributed by atoms with van der Waals surface area (Å²) < 4.78 is 6.14. The number of rotatable bonds is 3. The number of piperidine rings is 1. The molecule has 6 nitrogen and oxygen atoms in total. The maximum atomic E-state index is 11.8. The van der Waals surface area contributed by atoms with E-state index in [2.05, 4.69) is 38.6 Å². The summed E-state index contributed by atoms with van der Waals surface area (Å²) in [6, 6.07) is 6.35. The van der Waals surface area contributed by atoms with Crippen LogP contribution in [0, 0.1) is 6.92 Å². The first-order chi connectivity index (χ1) is 11.7. The fraction of sp³-hybridized carbons (Fsp3) is 0.444. The van der Waals surface area contributed by atoms with Crippen molar-refractivity contribution in [1.29, 1.82) is 0 Å². The number of benzene rings is 1. The fourth-order valence-electron chi connectivity index (χ4n) is 3.49. The molecule has 0 amide bonds.